The van der Waals surface area contributed by atoms with Gasteiger partial charge in [0.15, 0.2) is 7.14 Å². The van der Waals surface area contributed by atoms with E-state index in [9.17, 15) is 10.1 Å². The first-order chi connectivity index (χ1) is 16.5. The molecule has 0 fully saturated rings. The van der Waals surface area contributed by atoms with Crippen LogP contribution in [-0.4, -0.2) is 11.5 Å². The van der Waals surface area contributed by atoms with Crippen LogP contribution >= 0.6 is 18.7 Å². The van der Waals surface area contributed by atoms with E-state index < -0.39 is 24.3 Å². The predicted octanol–water partition coefficient (Wildman–Crippen LogP) is 6.98. The predicted molar refractivity (Wildman–Crippen MR) is 141 cm³/mol. The molecule has 4 nitrogen and oxygen atoms in total. The smallest absolute Gasteiger partial charge is 0.218 e. The molecule has 0 heterocycles. The third-order valence-corrected chi connectivity index (χ3v) is 10.1. The van der Waals surface area contributed by atoms with Crippen molar-refractivity contribution in [1.29, 1.82) is 0 Å². The van der Waals surface area contributed by atoms with Crippen LogP contribution in [0.25, 0.3) is 21.5 Å². The van der Waals surface area contributed by atoms with Gasteiger partial charge in [-0.2, -0.15) is 0 Å². The Balaban J connectivity index is 1.93. The third-order valence-electron chi connectivity index (χ3n) is 6.27. The molecule has 0 aromatic heterocycles. The molecule has 5 aromatic rings. The van der Waals surface area contributed by atoms with E-state index in [0.717, 1.165) is 21.5 Å². The second kappa shape index (κ2) is 9.06. The Labute approximate surface area is 202 Å². The lowest BCUT2D eigenvalue weighted by atomic mass is 10.1. The number of benzene rings is 5. The Bertz CT molecular complexity index is 1490. The van der Waals surface area contributed by atoms with Gasteiger partial charge in [0.1, 0.15) is 5.66 Å². The van der Waals surface area contributed by atoms with Gasteiger partial charge in [-0.15, -0.1) is 0 Å². The average Bonchev–Trinajstić information content (AvgIpc) is 2.86. The summed E-state index contributed by atoms with van der Waals surface area (Å²) in [4.78, 5) is 11.6. The molecule has 0 aliphatic heterocycles. The third kappa shape index (κ3) is 3.79. The van der Waals surface area contributed by atoms with Crippen molar-refractivity contribution in [1.82, 2.24) is 0 Å². The minimum atomic E-state index is -3.65. The SMILES string of the molecule is O=[N+]([O-])C[C@@H](c1ccccc1Cl)P(=O)(c1cccc2ccccc12)c1cccc2ccccc12. The Morgan fingerprint density at radius 2 is 1.18 bits per heavy atom. The molecular weight excluding hydrogens is 465 g/mol. The van der Waals surface area contributed by atoms with E-state index in [1.165, 1.54) is 0 Å². The lowest BCUT2D eigenvalue weighted by molar-refractivity contribution is -0.480. The van der Waals surface area contributed by atoms with Crippen LogP contribution in [0.3, 0.4) is 0 Å². The van der Waals surface area contributed by atoms with Gasteiger partial charge in [0, 0.05) is 20.6 Å². The molecule has 0 bridgehead atoms. The fourth-order valence-electron chi connectivity index (χ4n) is 4.76. The summed E-state index contributed by atoms with van der Waals surface area (Å²) in [6.07, 6.45) is 0. The van der Waals surface area contributed by atoms with Gasteiger partial charge in [-0.25, -0.2) is 0 Å². The summed E-state index contributed by atoms with van der Waals surface area (Å²) in [5, 5.41) is 17.1. The largest absolute Gasteiger partial charge is 0.313 e. The molecule has 34 heavy (non-hydrogen) atoms. The van der Waals surface area contributed by atoms with E-state index in [4.69, 9.17) is 11.6 Å². The quantitative estimate of drug-likeness (QED) is 0.148. The first-order valence-corrected chi connectivity index (χ1v) is 13.1. The number of halogens is 1. The van der Waals surface area contributed by atoms with E-state index in [-0.39, 0.29) is 0 Å². The van der Waals surface area contributed by atoms with Gasteiger partial charge in [0.05, 0.1) is 0 Å². The normalized spacial score (nSPS) is 12.6. The molecule has 0 aliphatic carbocycles. The van der Waals surface area contributed by atoms with E-state index in [0.29, 0.717) is 21.2 Å². The highest BCUT2D eigenvalue weighted by atomic mass is 35.5. The van der Waals surface area contributed by atoms with Crippen molar-refractivity contribution in [2.75, 3.05) is 6.54 Å². The monoisotopic (exact) mass is 485 g/mol. The van der Waals surface area contributed by atoms with Crippen molar-refractivity contribution in [2.24, 2.45) is 0 Å². The molecule has 0 radical (unpaired) electrons. The van der Waals surface area contributed by atoms with E-state index in [2.05, 4.69) is 0 Å². The Hall–Kier alpha value is -3.46. The average molecular weight is 486 g/mol. The lowest BCUT2D eigenvalue weighted by Crippen LogP contribution is -2.27. The van der Waals surface area contributed by atoms with Crippen LogP contribution in [0.1, 0.15) is 11.2 Å². The maximum atomic E-state index is 15.7. The topological polar surface area (TPSA) is 60.2 Å². The van der Waals surface area contributed by atoms with E-state index >= 15 is 4.57 Å². The van der Waals surface area contributed by atoms with Crippen molar-refractivity contribution in [3.63, 3.8) is 0 Å². The summed E-state index contributed by atoms with van der Waals surface area (Å²) in [5.74, 6) is 0. The number of fused-ring (bicyclic) bond motifs is 2. The van der Waals surface area contributed by atoms with E-state index in [1.54, 1.807) is 24.3 Å². The highest BCUT2D eigenvalue weighted by Crippen LogP contribution is 2.60. The molecule has 6 heteroatoms. The van der Waals surface area contributed by atoms with Crippen LogP contribution in [0.15, 0.2) is 109 Å². The minimum absolute atomic E-state index is 0.370. The van der Waals surface area contributed by atoms with Gasteiger partial charge in [-0.05, 0) is 33.2 Å². The molecule has 5 aromatic carbocycles. The van der Waals surface area contributed by atoms with Crippen molar-refractivity contribution >= 4 is 50.9 Å². The standard InChI is InChI=1S/C28H21ClNO3P/c29-25-16-6-5-15-24(25)28(19-30(31)32)34(33,26-17-7-11-20-9-1-3-13-22(20)26)27-18-8-12-21-10-2-4-14-23(21)27/h1-18,28H,19H2/t28-/m0/s1. The number of hydrogen-bond acceptors (Lipinski definition) is 3. The van der Waals surface area contributed by atoms with Crippen molar-refractivity contribution < 1.29 is 9.49 Å². The Morgan fingerprint density at radius 1 is 0.706 bits per heavy atom. The van der Waals surface area contributed by atoms with Gasteiger partial charge in [-0.3, -0.25) is 10.1 Å². The summed E-state index contributed by atoms with van der Waals surface area (Å²) in [6.45, 7) is -0.506. The van der Waals surface area contributed by atoms with Crippen LogP contribution < -0.4 is 10.6 Å². The highest BCUT2D eigenvalue weighted by molar-refractivity contribution is 7.79. The molecule has 0 N–H and O–H groups in total. The summed E-state index contributed by atoms with van der Waals surface area (Å²) in [7, 11) is -3.65. The lowest BCUT2D eigenvalue weighted by Gasteiger charge is -2.29. The van der Waals surface area contributed by atoms with Gasteiger partial charge in [-0.1, -0.05) is 115 Å². The first-order valence-electron chi connectivity index (χ1n) is 10.9. The van der Waals surface area contributed by atoms with Crippen LogP contribution in [0.2, 0.25) is 5.02 Å². The van der Waals surface area contributed by atoms with Crippen LogP contribution in [-0.2, 0) is 4.57 Å². The Morgan fingerprint density at radius 3 is 1.71 bits per heavy atom. The van der Waals surface area contributed by atoms with Gasteiger partial charge in [0.2, 0.25) is 6.54 Å². The Kier molecular flexibility index (Phi) is 5.95. The number of hydrogen-bond donors (Lipinski definition) is 0. The van der Waals surface area contributed by atoms with Gasteiger partial charge in [0.25, 0.3) is 0 Å². The van der Waals surface area contributed by atoms with Crippen molar-refractivity contribution in [2.45, 2.75) is 5.66 Å². The van der Waals surface area contributed by atoms with E-state index in [1.807, 2.05) is 84.9 Å². The molecule has 0 aliphatic rings. The van der Waals surface area contributed by atoms with Crippen LogP contribution in [0, 0.1) is 10.1 Å². The molecule has 0 amide bonds. The molecule has 168 valence electrons. The molecule has 0 unspecified atom stereocenters. The van der Waals surface area contributed by atoms with Crippen LogP contribution in [0.5, 0.6) is 0 Å². The summed E-state index contributed by atoms with van der Waals surface area (Å²) < 4.78 is 15.7. The number of nitro groups is 1. The molecule has 5 rings (SSSR count). The second-order valence-corrected chi connectivity index (χ2v) is 11.5. The zero-order valence-corrected chi connectivity index (χ0v) is 19.8. The number of rotatable bonds is 6. The van der Waals surface area contributed by atoms with Crippen molar-refractivity contribution in [3.8, 4) is 0 Å². The summed E-state index contributed by atoms with van der Waals surface area (Å²) in [5.41, 5.74) is -0.419. The number of nitrogens with zero attached hydrogens (tertiary/aromatic N) is 1. The summed E-state index contributed by atoms with van der Waals surface area (Å²) in [6, 6.07) is 33.8. The van der Waals surface area contributed by atoms with Gasteiger partial charge < -0.3 is 4.57 Å². The maximum Gasteiger partial charge on any atom is 0.218 e. The molecular formula is C28H21ClNO3P. The zero-order chi connectivity index (χ0) is 23.7. The van der Waals surface area contributed by atoms with Crippen LogP contribution in [0.4, 0.5) is 0 Å². The van der Waals surface area contributed by atoms with Crippen molar-refractivity contribution in [3.05, 3.63) is 130 Å². The molecule has 0 spiro atoms. The summed E-state index contributed by atoms with van der Waals surface area (Å²) >= 11 is 6.58. The fourth-order valence-corrected chi connectivity index (χ4v) is 8.75. The zero-order valence-electron chi connectivity index (χ0n) is 18.2. The fraction of sp³-hybridized carbons (Fsp3) is 0.0714. The van der Waals surface area contributed by atoms with Gasteiger partial charge >= 0.3 is 0 Å². The first kappa shape index (κ1) is 22.3. The second-order valence-electron chi connectivity index (χ2n) is 8.21. The molecule has 1 atom stereocenters. The molecule has 0 saturated carbocycles. The maximum absolute atomic E-state index is 15.7. The molecule has 0 saturated heterocycles. The highest BCUT2D eigenvalue weighted by Gasteiger charge is 2.43. The minimum Gasteiger partial charge on any atom is -0.313 e.